The molecule has 0 fully saturated rings. The number of rotatable bonds is 2. The van der Waals surface area contributed by atoms with Crippen LogP contribution in [0.1, 0.15) is 5.69 Å². The zero-order chi connectivity index (χ0) is 22.5. The maximum atomic E-state index is 9.55. The van der Waals surface area contributed by atoms with Crippen molar-refractivity contribution in [3.8, 4) is 28.3 Å². The third kappa shape index (κ3) is 4.04. The third-order valence-electron chi connectivity index (χ3n) is 3.97. The molecule has 0 aliphatic carbocycles. The lowest BCUT2D eigenvalue weighted by Gasteiger charge is -2.16. The fourth-order valence-corrected chi connectivity index (χ4v) is 5.28. The second-order valence-corrected chi connectivity index (χ2v) is 9.40. The fourth-order valence-electron chi connectivity index (χ4n) is 2.58. The van der Waals surface area contributed by atoms with Crippen molar-refractivity contribution in [2.45, 2.75) is 0 Å². The SMILES string of the molecule is N#Cc1ncc(-c2c(Cl)c(Cl)c(Cl)c(Cl)c2Cl)cc1-c1c(Cl)c(Cl)c(Cl)c(Cl)c1Cl. The molecule has 154 valence electrons. The first-order valence-corrected chi connectivity index (χ1v) is 11.2. The number of hydrogen-bond acceptors (Lipinski definition) is 2. The first kappa shape index (κ1) is 24.6. The van der Waals surface area contributed by atoms with Gasteiger partial charge in [0.1, 0.15) is 11.8 Å². The second kappa shape index (κ2) is 9.46. The van der Waals surface area contributed by atoms with Gasteiger partial charge in [0.15, 0.2) is 0 Å². The summed E-state index contributed by atoms with van der Waals surface area (Å²) in [6, 6.07) is 3.48. The van der Waals surface area contributed by atoms with E-state index in [1.165, 1.54) is 12.3 Å². The van der Waals surface area contributed by atoms with Gasteiger partial charge in [-0.05, 0) is 6.07 Å². The van der Waals surface area contributed by atoms with Crippen LogP contribution in [0.4, 0.5) is 0 Å². The summed E-state index contributed by atoms with van der Waals surface area (Å²) < 4.78 is 0. The Labute approximate surface area is 221 Å². The summed E-state index contributed by atoms with van der Waals surface area (Å²) in [6.07, 6.45) is 1.36. The largest absolute Gasteiger partial charge is 0.244 e. The monoisotopic (exact) mass is 596 g/mol. The summed E-state index contributed by atoms with van der Waals surface area (Å²) in [5.74, 6) is 0. The smallest absolute Gasteiger partial charge is 0.148 e. The molecule has 0 radical (unpaired) electrons. The van der Waals surface area contributed by atoms with E-state index in [9.17, 15) is 5.26 Å². The molecule has 2 nitrogen and oxygen atoms in total. The van der Waals surface area contributed by atoms with Crippen molar-refractivity contribution in [1.82, 2.24) is 4.98 Å². The Hall–Kier alpha value is -0.0200. The Morgan fingerprint density at radius 2 is 0.933 bits per heavy atom. The van der Waals surface area contributed by atoms with Gasteiger partial charge < -0.3 is 0 Å². The van der Waals surface area contributed by atoms with E-state index in [-0.39, 0.29) is 72.6 Å². The fraction of sp³-hybridized carbons (Fsp3) is 0. The Balaban J connectivity index is 2.42. The van der Waals surface area contributed by atoms with Gasteiger partial charge in [-0.15, -0.1) is 0 Å². The van der Waals surface area contributed by atoms with Crippen LogP contribution < -0.4 is 0 Å². The lowest BCUT2D eigenvalue weighted by Crippen LogP contribution is -1.95. The minimum absolute atomic E-state index is 0.00117. The minimum atomic E-state index is -0.0364. The molecule has 0 unspecified atom stereocenters. The number of benzene rings is 2. The molecular weight excluding hydrogens is 599 g/mol. The van der Waals surface area contributed by atoms with Gasteiger partial charge in [-0.2, -0.15) is 5.26 Å². The first-order chi connectivity index (χ1) is 14.0. The highest BCUT2D eigenvalue weighted by molar-refractivity contribution is 6.57. The number of nitriles is 1. The van der Waals surface area contributed by atoms with Crippen LogP contribution in [0.2, 0.25) is 50.2 Å². The Kier molecular flexibility index (Phi) is 7.76. The molecular formula is C18H2Cl10N2. The number of aromatic nitrogens is 1. The molecule has 1 heterocycles. The molecule has 0 spiro atoms. The van der Waals surface area contributed by atoms with Crippen LogP contribution in [0.15, 0.2) is 12.3 Å². The number of halogens is 10. The quantitative estimate of drug-likeness (QED) is 0.217. The molecule has 0 saturated carbocycles. The van der Waals surface area contributed by atoms with Crippen molar-refractivity contribution in [2.24, 2.45) is 0 Å². The van der Waals surface area contributed by atoms with E-state index in [2.05, 4.69) is 4.98 Å². The van der Waals surface area contributed by atoms with Gasteiger partial charge in [0, 0.05) is 28.5 Å². The van der Waals surface area contributed by atoms with Gasteiger partial charge in [-0.3, -0.25) is 0 Å². The van der Waals surface area contributed by atoms with Gasteiger partial charge in [0.05, 0.1) is 50.2 Å². The molecule has 3 aromatic rings. The minimum Gasteiger partial charge on any atom is -0.244 e. The van der Waals surface area contributed by atoms with Crippen molar-refractivity contribution in [3.05, 3.63) is 68.2 Å². The Bertz CT molecular complexity index is 1210. The molecule has 1 aromatic heterocycles. The topological polar surface area (TPSA) is 36.7 Å². The van der Waals surface area contributed by atoms with E-state index >= 15 is 0 Å². The summed E-state index contributed by atoms with van der Waals surface area (Å²) in [5, 5.41) is 9.50. The molecule has 2 aromatic carbocycles. The zero-order valence-electron chi connectivity index (χ0n) is 13.8. The molecule has 0 N–H and O–H groups in total. The van der Waals surface area contributed by atoms with Crippen molar-refractivity contribution in [3.63, 3.8) is 0 Å². The van der Waals surface area contributed by atoms with Crippen LogP contribution in [0.3, 0.4) is 0 Å². The van der Waals surface area contributed by atoms with E-state index in [4.69, 9.17) is 116 Å². The lowest BCUT2D eigenvalue weighted by atomic mass is 9.99. The molecule has 30 heavy (non-hydrogen) atoms. The third-order valence-corrected chi connectivity index (χ3v) is 8.52. The lowest BCUT2D eigenvalue weighted by molar-refractivity contribution is 1.26. The van der Waals surface area contributed by atoms with Crippen molar-refractivity contribution < 1.29 is 0 Å². The summed E-state index contributed by atoms with van der Waals surface area (Å²) in [7, 11) is 0. The number of hydrogen-bond donors (Lipinski definition) is 0. The van der Waals surface area contributed by atoms with Crippen molar-refractivity contribution >= 4 is 116 Å². The number of nitrogens with zero attached hydrogens (tertiary/aromatic N) is 2. The van der Waals surface area contributed by atoms with Crippen LogP contribution >= 0.6 is 116 Å². The molecule has 0 saturated heterocycles. The Morgan fingerprint density at radius 1 is 0.567 bits per heavy atom. The molecule has 0 atom stereocenters. The zero-order valence-corrected chi connectivity index (χ0v) is 21.4. The average Bonchev–Trinajstić information content (AvgIpc) is 2.74. The van der Waals surface area contributed by atoms with Gasteiger partial charge in [-0.1, -0.05) is 116 Å². The van der Waals surface area contributed by atoms with E-state index < -0.39 is 0 Å². The van der Waals surface area contributed by atoms with Gasteiger partial charge in [0.25, 0.3) is 0 Å². The van der Waals surface area contributed by atoms with Gasteiger partial charge in [0.2, 0.25) is 0 Å². The van der Waals surface area contributed by atoms with Crippen LogP contribution in [-0.4, -0.2) is 4.98 Å². The molecule has 0 aliphatic heterocycles. The van der Waals surface area contributed by atoms with Crippen LogP contribution in [0, 0.1) is 11.3 Å². The predicted molar refractivity (Wildman–Crippen MR) is 130 cm³/mol. The summed E-state index contributed by atoms with van der Waals surface area (Å²) >= 11 is 62.2. The van der Waals surface area contributed by atoms with Crippen LogP contribution in [0.25, 0.3) is 22.3 Å². The summed E-state index contributed by atoms with van der Waals surface area (Å²) in [6.45, 7) is 0. The molecule has 0 bridgehead atoms. The highest BCUT2D eigenvalue weighted by atomic mass is 35.5. The summed E-state index contributed by atoms with van der Waals surface area (Å²) in [5.41, 5.74) is 0.945. The van der Waals surface area contributed by atoms with Crippen LogP contribution in [0.5, 0.6) is 0 Å². The molecule has 3 rings (SSSR count). The normalized spacial score (nSPS) is 11.0. The van der Waals surface area contributed by atoms with Crippen molar-refractivity contribution in [2.75, 3.05) is 0 Å². The number of pyridine rings is 1. The predicted octanol–water partition coefficient (Wildman–Crippen LogP) is 10.8. The highest BCUT2D eigenvalue weighted by Crippen LogP contribution is 2.51. The molecule has 12 heteroatoms. The van der Waals surface area contributed by atoms with Gasteiger partial charge in [-0.25, -0.2) is 4.98 Å². The van der Waals surface area contributed by atoms with Crippen LogP contribution in [-0.2, 0) is 0 Å². The molecule has 0 amide bonds. The molecule has 0 aliphatic rings. The maximum absolute atomic E-state index is 9.55. The maximum Gasteiger partial charge on any atom is 0.148 e. The van der Waals surface area contributed by atoms with Gasteiger partial charge >= 0.3 is 0 Å². The van der Waals surface area contributed by atoms with Crippen molar-refractivity contribution in [1.29, 1.82) is 5.26 Å². The van der Waals surface area contributed by atoms with E-state index in [1.807, 2.05) is 6.07 Å². The van der Waals surface area contributed by atoms with E-state index in [0.717, 1.165) is 0 Å². The van der Waals surface area contributed by atoms with E-state index in [0.29, 0.717) is 5.56 Å². The standard InChI is InChI=1S/C18H2Cl10N2/c19-9-7(10(20)14(24)17(27)13(9)23)4-1-5(6(2-29)30-3-4)8-11(21)15(25)18(28)16(26)12(8)22/h1,3H. The average molecular weight is 601 g/mol. The Morgan fingerprint density at radius 3 is 1.33 bits per heavy atom. The first-order valence-electron chi connectivity index (χ1n) is 7.46. The summed E-state index contributed by atoms with van der Waals surface area (Å²) in [4.78, 5) is 4.14. The highest BCUT2D eigenvalue weighted by Gasteiger charge is 2.25. The second-order valence-electron chi connectivity index (χ2n) is 5.62. The van der Waals surface area contributed by atoms with E-state index in [1.54, 1.807) is 0 Å².